The zero-order chi connectivity index (χ0) is 21.8. The lowest BCUT2D eigenvalue weighted by Gasteiger charge is -2.27. The molecule has 4 rings (SSSR count). The molecule has 1 fully saturated rings. The molecule has 7 heteroatoms. The van der Waals surface area contributed by atoms with Crippen molar-refractivity contribution in [1.82, 2.24) is 9.80 Å². The van der Waals surface area contributed by atoms with Crippen LogP contribution in [0.5, 0.6) is 0 Å². The number of halogens is 1. The van der Waals surface area contributed by atoms with Gasteiger partial charge in [-0.25, -0.2) is 0 Å². The normalized spacial score (nSPS) is 17.5. The van der Waals surface area contributed by atoms with E-state index < -0.39 is 0 Å². The third-order valence-electron chi connectivity index (χ3n) is 5.55. The molecule has 2 aromatic carbocycles. The van der Waals surface area contributed by atoms with Gasteiger partial charge in [0.2, 0.25) is 0 Å². The van der Waals surface area contributed by atoms with Gasteiger partial charge in [-0.2, -0.15) is 0 Å². The van der Waals surface area contributed by atoms with E-state index in [1.807, 2.05) is 31.2 Å². The van der Waals surface area contributed by atoms with Crippen molar-refractivity contribution in [2.75, 3.05) is 44.7 Å². The highest BCUT2D eigenvalue weighted by atomic mass is 35.5. The molecule has 162 valence electrons. The molecule has 2 aliphatic rings. The summed E-state index contributed by atoms with van der Waals surface area (Å²) in [6, 6.07) is 14.8. The molecule has 0 aromatic heterocycles. The molecule has 0 radical (unpaired) electrons. The quantitative estimate of drug-likeness (QED) is 0.668. The summed E-state index contributed by atoms with van der Waals surface area (Å²) < 4.78 is 5.38. The van der Waals surface area contributed by atoms with Crippen LogP contribution >= 0.6 is 11.6 Å². The number of hydrogen-bond acceptors (Lipinski definition) is 5. The third-order valence-corrected chi connectivity index (χ3v) is 5.80. The Hall–Kier alpha value is -2.67. The van der Waals surface area contributed by atoms with Crippen LogP contribution in [0, 0.1) is 6.92 Å². The predicted octanol–water partition coefficient (Wildman–Crippen LogP) is 3.56. The van der Waals surface area contributed by atoms with Gasteiger partial charge in [-0.05, 0) is 48.7 Å². The van der Waals surface area contributed by atoms with Gasteiger partial charge < -0.3 is 10.1 Å². The molecule has 0 unspecified atom stereocenters. The Labute approximate surface area is 187 Å². The van der Waals surface area contributed by atoms with Crippen molar-refractivity contribution in [2.45, 2.75) is 13.3 Å². The first-order valence-corrected chi connectivity index (χ1v) is 10.9. The minimum atomic E-state index is -0.293. The molecule has 2 heterocycles. The van der Waals surface area contributed by atoms with Crippen LogP contribution in [0.1, 0.15) is 17.5 Å². The van der Waals surface area contributed by atoms with Crippen LogP contribution in [0.4, 0.5) is 5.69 Å². The summed E-state index contributed by atoms with van der Waals surface area (Å²) in [5.74, 6) is -0.567. The molecular weight excluding hydrogens is 414 g/mol. The van der Waals surface area contributed by atoms with Crippen molar-refractivity contribution in [1.29, 1.82) is 0 Å². The summed E-state index contributed by atoms with van der Waals surface area (Å²) in [5.41, 5.74) is 3.21. The zero-order valence-corrected chi connectivity index (χ0v) is 18.3. The van der Waals surface area contributed by atoms with Crippen LogP contribution in [0.3, 0.4) is 0 Å². The number of rotatable bonds is 7. The van der Waals surface area contributed by atoms with Gasteiger partial charge in [0.1, 0.15) is 5.70 Å². The summed E-state index contributed by atoms with van der Waals surface area (Å²) in [7, 11) is 0. The van der Waals surface area contributed by atoms with Crippen LogP contribution in [-0.4, -0.2) is 61.0 Å². The molecule has 0 atom stereocenters. The van der Waals surface area contributed by atoms with Gasteiger partial charge in [-0.15, -0.1) is 0 Å². The number of nitrogens with zero attached hydrogens (tertiary/aromatic N) is 2. The second-order valence-corrected chi connectivity index (χ2v) is 8.26. The number of nitrogens with one attached hydrogen (secondary N) is 1. The summed E-state index contributed by atoms with van der Waals surface area (Å²) in [6.45, 7) is 6.43. The van der Waals surface area contributed by atoms with Gasteiger partial charge in [0.05, 0.1) is 18.8 Å². The van der Waals surface area contributed by atoms with Crippen molar-refractivity contribution in [2.24, 2.45) is 0 Å². The highest BCUT2D eigenvalue weighted by Gasteiger charge is 2.39. The summed E-state index contributed by atoms with van der Waals surface area (Å²) >= 11 is 6.03. The first-order chi connectivity index (χ1) is 15.0. The molecule has 31 heavy (non-hydrogen) atoms. The molecule has 0 spiro atoms. The largest absolute Gasteiger partial charge is 0.379 e. The van der Waals surface area contributed by atoms with E-state index >= 15 is 0 Å². The maximum absolute atomic E-state index is 13.3. The van der Waals surface area contributed by atoms with E-state index in [-0.39, 0.29) is 11.8 Å². The average Bonchev–Trinajstić information content (AvgIpc) is 2.99. The molecular formula is C24H26ClN3O3. The van der Waals surface area contributed by atoms with Crippen molar-refractivity contribution < 1.29 is 14.3 Å². The second-order valence-electron chi connectivity index (χ2n) is 7.82. The van der Waals surface area contributed by atoms with Gasteiger partial charge >= 0.3 is 0 Å². The van der Waals surface area contributed by atoms with E-state index in [0.29, 0.717) is 28.4 Å². The minimum Gasteiger partial charge on any atom is -0.379 e. The van der Waals surface area contributed by atoms with E-state index in [2.05, 4.69) is 10.2 Å². The zero-order valence-electron chi connectivity index (χ0n) is 17.6. The molecule has 0 aliphatic carbocycles. The number of amides is 2. The second kappa shape index (κ2) is 9.64. The SMILES string of the molecule is Cc1cccc(NC2=C(c3ccc(Cl)cc3)C(=O)N(CCCN3CCOCC3)C2=O)c1. The Morgan fingerprint density at radius 3 is 2.45 bits per heavy atom. The van der Waals surface area contributed by atoms with E-state index in [9.17, 15) is 9.59 Å². The number of carbonyl (C=O) groups excluding carboxylic acids is 2. The Morgan fingerprint density at radius 2 is 1.74 bits per heavy atom. The molecule has 2 aliphatic heterocycles. The number of carbonyl (C=O) groups is 2. The van der Waals surface area contributed by atoms with E-state index in [4.69, 9.17) is 16.3 Å². The topological polar surface area (TPSA) is 61.9 Å². The van der Waals surface area contributed by atoms with Crippen LogP contribution in [-0.2, 0) is 14.3 Å². The van der Waals surface area contributed by atoms with Crippen LogP contribution in [0.25, 0.3) is 5.57 Å². The maximum atomic E-state index is 13.3. The van der Waals surface area contributed by atoms with E-state index in [1.54, 1.807) is 24.3 Å². The molecule has 1 saturated heterocycles. The average molecular weight is 440 g/mol. The molecule has 0 saturated carbocycles. The Kier molecular flexibility index (Phi) is 6.70. The number of hydrogen-bond donors (Lipinski definition) is 1. The van der Waals surface area contributed by atoms with Gasteiger partial charge in [-0.3, -0.25) is 19.4 Å². The number of benzene rings is 2. The Morgan fingerprint density at radius 1 is 1.00 bits per heavy atom. The lowest BCUT2D eigenvalue weighted by Crippen LogP contribution is -2.39. The van der Waals surface area contributed by atoms with Crippen LogP contribution in [0.2, 0.25) is 5.02 Å². The highest BCUT2D eigenvalue weighted by molar-refractivity contribution is 6.36. The summed E-state index contributed by atoms with van der Waals surface area (Å²) in [4.78, 5) is 30.2. The van der Waals surface area contributed by atoms with E-state index in [0.717, 1.165) is 50.5 Å². The first kappa shape index (κ1) is 21.6. The van der Waals surface area contributed by atoms with Gasteiger partial charge in [0.15, 0.2) is 0 Å². The fourth-order valence-corrected chi connectivity index (χ4v) is 4.05. The van der Waals surface area contributed by atoms with Gasteiger partial charge in [-0.1, -0.05) is 35.9 Å². The molecule has 2 aromatic rings. The molecule has 0 bridgehead atoms. The molecule has 6 nitrogen and oxygen atoms in total. The van der Waals surface area contributed by atoms with Crippen molar-refractivity contribution in [3.63, 3.8) is 0 Å². The number of ether oxygens (including phenoxy) is 1. The smallest absolute Gasteiger partial charge is 0.278 e. The maximum Gasteiger partial charge on any atom is 0.278 e. The Balaban J connectivity index is 1.56. The molecule has 1 N–H and O–H groups in total. The standard InChI is InChI=1S/C24H26ClN3O3/c1-17-4-2-5-20(16-17)26-22-21(18-6-8-19(25)9-7-18)23(29)28(24(22)30)11-3-10-27-12-14-31-15-13-27/h2,4-9,16,26H,3,10-15H2,1H3. The number of imide groups is 1. The van der Waals surface area contributed by atoms with Crippen LogP contribution in [0.15, 0.2) is 54.2 Å². The van der Waals surface area contributed by atoms with Crippen molar-refractivity contribution in [3.05, 3.63) is 70.4 Å². The fraction of sp³-hybridized carbons (Fsp3) is 0.333. The lowest BCUT2D eigenvalue weighted by molar-refractivity contribution is -0.136. The lowest BCUT2D eigenvalue weighted by atomic mass is 10.0. The monoisotopic (exact) mass is 439 g/mol. The highest BCUT2D eigenvalue weighted by Crippen LogP contribution is 2.31. The third kappa shape index (κ3) is 4.98. The van der Waals surface area contributed by atoms with Gasteiger partial charge in [0.25, 0.3) is 11.8 Å². The summed E-state index contributed by atoms with van der Waals surface area (Å²) in [5, 5.41) is 3.78. The van der Waals surface area contributed by atoms with Crippen LogP contribution < -0.4 is 5.32 Å². The molecule has 2 amide bonds. The van der Waals surface area contributed by atoms with E-state index in [1.165, 1.54) is 4.90 Å². The number of aryl methyl sites for hydroxylation is 1. The fourth-order valence-electron chi connectivity index (χ4n) is 3.92. The van der Waals surface area contributed by atoms with Crippen molar-refractivity contribution >= 4 is 34.7 Å². The number of anilines is 1. The number of morpholine rings is 1. The minimum absolute atomic E-state index is 0.274. The first-order valence-electron chi connectivity index (χ1n) is 10.5. The van der Waals surface area contributed by atoms with Gasteiger partial charge in [0, 0.05) is 36.9 Å². The summed E-state index contributed by atoms with van der Waals surface area (Å²) in [6.07, 6.45) is 0.725. The Bertz CT molecular complexity index is 997. The predicted molar refractivity (Wildman–Crippen MR) is 122 cm³/mol. The van der Waals surface area contributed by atoms with Crippen molar-refractivity contribution in [3.8, 4) is 0 Å².